The van der Waals surface area contributed by atoms with Crippen LogP contribution in [0.4, 0.5) is 0 Å². The van der Waals surface area contributed by atoms with Gasteiger partial charge in [-0.25, -0.2) is 8.42 Å². The fourth-order valence-electron chi connectivity index (χ4n) is 2.50. The molecule has 0 amide bonds. The molecule has 0 fully saturated rings. The Balaban J connectivity index is 3.35. The zero-order chi connectivity index (χ0) is 15.7. The maximum atomic E-state index is 12.8. The van der Waals surface area contributed by atoms with Gasteiger partial charge in [0.15, 0.2) is 0 Å². The minimum Gasteiger partial charge on any atom is -0.389 e. The van der Waals surface area contributed by atoms with Crippen LogP contribution in [0.25, 0.3) is 0 Å². The predicted octanol–water partition coefficient (Wildman–Crippen LogP) is 2.39. The van der Waals surface area contributed by atoms with Gasteiger partial charge in [-0.3, -0.25) is 0 Å². The summed E-state index contributed by atoms with van der Waals surface area (Å²) < 4.78 is 26.9. The highest BCUT2D eigenvalue weighted by Gasteiger charge is 2.30. The minimum absolute atomic E-state index is 0.0819. The van der Waals surface area contributed by atoms with E-state index >= 15 is 0 Å². The highest BCUT2D eigenvalue weighted by atomic mass is 32.2. The Morgan fingerprint density at radius 3 is 1.95 bits per heavy atom. The van der Waals surface area contributed by atoms with Crippen molar-refractivity contribution in [2.24, 2.45) is 0 Å². The summed E-state index contributed by atoms with van der Waals surface area (Å²) in [5.41, 5.74) is 1.48. The molecule has 5 heteroatoms. The van der Waals surface area contributed by atoms with Crippen LogP contribution in [0, 0.1) is 20.8 Å². The van der Waals surface area contributed by atoms with Crippen molar-refractivity contribution in [2.45, 2.75) is 52.0 Å². The molecular weight excluding hydrogens is 274 g/mol. The molecule has 0 radical (unpaired) electrons. The monoisotopic (exact) mass is 299 g/mol. The van der Waals surface area contributed by atoms with Crippen LogP contribution in [-0.2, 0) is 10.0 Å². The van der Waals surface area contributed by atoms with Gasteiger partial charge in [0.05, 0.1) is 10.5 Å². The van der Waals surface area contributed by atoms with E-state index in [2.05, 4.69) is 0 Å². The molecule has 0 bridgehead atoms. The Hall–Kier alpha value is -0.910. The van der Waals surface area contributed by atoms with Crippen LogP contribution in [0.1, 0.15) is 37.5 Å². The maximum Gasteiger partial charge on any atom is 0.243 e. The van der Waals surface area contributed by atoms with E-state index in [1.165, 1.54) is 4.31 Å². The van der Waals surface area contributed by atoms with Gasteiger partial charge in [-0.1, -0.05) is 24.6 Å². The SMILES string of the molecule is CCN(CC(C)(C)O)S(=O)(=O)c1c(C)cc(C)cc1C. The van der Waals surface area contributed by atoms with Gasteiger partial charge in [0, 0.05) is 13.1 Å². The van der Waals surface area contributed by atoms with Crippen molar-refractivity contribution in [3.05, 3.63) is 28.8 Å². The van der Waals surface area contributed by atoms with Gasteiger partial charge in [0.2, 0.25) is 10.0 Å². The summed E-state index contributed by atoms with van der Waals surface area (Å²) in [4.78, 5) is 0.356. The second-order valence-electron chi connectivity index (χ2n) is 5.97. The average molecular weight is 299 g/mol. The number of hydrogen-bond donors (Lipinski definition) is 1. The van der Waals surface area contributed by atoms with Crippen LogP contribution < -0.4 is 0 Å². The second kappa shape index (κ2) is 5.84. The first-order chi connectivity index (χ1) is 8.99. The summed E-state index contributed by atoms with van der Waals surface area (Å²) in [6.45, 7) is 11.0. The zero-order valence-corrected chi connectivity index (χ0v) is 14.0. The first-order valence-electron chi connectivity index (χ1n) is 6.79. The highest BCUT2D eigenvalue weighted by Crippen LogP contribution is 2.26. The van der Waals surface area contributed by atoms with Gasteiger partial charge in [-0.15, -0.1) is 0 Å². The van der Waals surface area contributed by atoms with E-state index in [0.29, 0.717) is 11.4 Å². The third-order valence-corrected chi connectivity index (χ3v) is 5.35. The van der Waals surface area contributed by atoms with Gasteiger partial charge < -0.3 is 5.11 Å². The third kappa shape index (κ3) is 3.81. The van der Waals surface area contributed by atoms with E-state index < -0.39 is 15.6 Å². The molecule has 1 aromatic carbocycles. The smallest absolute Gasteiger partial charge is 0.243 e. The van der Waals surface area contributed by atoms with E-state index in [1.54, 1.807) is 20.8 Å². The molecule has 4 nitrogen and oxygen atoms in total. The molecule has 0 aliphatic carbocycles. The number of likely N-dealkylation sites (N-methyl/N-ethyl adjacent to an activating group) is 1. The quantitative estimate of drug-likeness (QED) is 0.908. The largest absolute Gasteiger partial charge is 0.389 e. The van der Waals surface area contributed by atoms with Gasteiger partial charge in [0.25, 0.3) is 0 Å². The molecule has 1 N–H and O–H groups in total. The lowest BCUT2D eigenvalue weighted by Gasteiger charge is -2.28. The Bertz CT molecular complexity index is 563. The van der Waals surface area contributed by atoms with E-state index in [-0.39, 0.29) is 6.54 Å². The molecule has 0 aliphatic rings. The Kier molecular flexibility index (Phi) is 5.00. The van der Waals surface area contributed by atoms with E-state index in [4.69, 9.17) is 0 Å². The lowest BCUT2D eigenvalue weighted by atomic mass is 10.1. The number of rotatable bonds is 5. The number of aliphatic hydroxyl groups is 1. The summed E-state index contributed by atoms with van der Waals surface area (Å²) in [5, 5.41) is 9.91. The Labute approximate surface area is 122 Å². The number of sulfonamides is 1. The first-order valence-corrected chi connectivity index (χ1v) is 8.23. The van der Waals surface area contributed by atoms with E-state index in [9.17, 15) is 13.5 Å². The summed E-state index contributed by atoms with van der Waals surface area (Å²) in [6, 6.07) is 3.75. The van der Waals surface area contributed by atoms with Crippen molar-refractivity contribution in [1.29, 1.82) is 0 Å². The van der Waals surface area contributed by atoms with Crippen molar-refractivity contribution >= 4 is 10.0 Å². The van der Waals surface area contributed by atoms with Crippen molar-refractivity contribution in [3.63, 3.8) is 0 Å². The summed E-state index contributed by atoms with van der Waals surface area (Å²) in [5.74, 6) is 0. The predicted molar refractivity (Wildman–Crippen MR) is 81.4 cm³/mol. The fraction of sp³-hybridized carbons (Fsp3) is 0.600. The standard InChI is InChI=1S/C15H25NO3S/c1-7-16(10-15(5,6)17)20(18,19)14-12(3)8-11(2)9-13(14)4/h8-9,17H,7,10H2,1-6H3. The van der Waals surface area contributed by atoms with Gasteiger partial charge in [0.1, 0.15) is 0 Å². The van der Waals surface area contributed by atoms with E-state index in [0.717, 1.165) is 16.7 Å². The van der Waals surface area contributed by atoms with Crippen LogP contribution >= 0.6 is 0 Å². The second-order valence-corrected chi connectivity index (χ2v) is 7.85. The molecule has 0 unspecified atom stereocenters. The van der Waals surface area contributed by atoms with Crippen LogP contribution in [0.2, 0.25) is 0 Å². The number of benzene rings is 1. The summed E-state index contributed by atoms with van der Waals surface area (Å²) >= 11 is 0. The van der Waals surface area contributed by atoms with Gasteiger partial charge in [-0.05, 0) is 45.7 Å². The number of hydrogen-bond acceptors (Lipinski definition) is 3. The summed E-state index contributed by atoms with van der Waals surface area (Å²) in [7, 11) is -3.59. The van der Waals surface area contributed by atoms with Gasteiger partial charge in [-0.2, -0.15) is 4.31 Å². The van der Waals surface area contributed by atoms with Crippen molar-refractivity contribution < 1.29 is 13.5 Å². The van der Waals surface area contributed by atoms with Crippen LogP contribution in [-0.4, -0.2) is 36.5 Å². The molecule has 1 aromatic rings. The topological polar surface area (TPSA) is 57.6 Å². The van der Waals surface area contributed by atoms with E-state index in [1.807, 2.05) is 32.9 Å². The number of aryl methyl sites for hydroxylation is 3. The molecule has 0 spiro atoms. The minimum atomic E-state index is -3.59. The maximum absolute atomic E-state index is 12.8. The zero-order valence-electron chi connectivity index (χ0n) is 13.2. The molecule has 0 saturated carbocycles. The van der Waals surface area contributed by atoms with Crippen LogP contribution in [0.3, 0.4) is 0 Å². The van der Waals surface area contributed by atoms with Crippen molar-refractivity contribution in [2.75, 3.05) is 13.1 Å². The molecule has 0 saturated heterocycles. The fourth-order valence-corrected chi connectivity index (χ4v) is 4.52. The number of nitrogens with zero attached hydrogens (tertiary/aromatic N) is 1. The molecular formula is C15H25NO3S. The van der Waals surface area contributed by atoms with Crippen LogP contribution in [0.15, 0.2) is 17.0 Å². The first kappa shape index (κ1) is 17.1. The lowest BCUT2D eigenvalue weighted by molar-refractivity contribution is 0.0601. The molecule has 20 heavy (non-hydrogen) atoms. The Morgan fingerprint density at radius 1 is 1.15 bits per heavy atom. The molecule has 1 rings (SSSR count). The van der Waals surface area contributed by atoms with Gasteiger partial charge >= 0.3 is 0 Å². The average Bonchev–Trinajstić information content (AvgIpc) is 2.22. The summed E-state index contributed by atoms with van der Waals surface area (Å²) in [6.07, 6.45) is 0. The van der Waals surface area contributed by atoms with Crippen molar-refractivity contribution in [3.8, 4) is 0 Å². The normalized spacial score (nSPS) is 13.0. The van der Waals surface area contributed by atoms with Crippen molar-refractivity contribution in [1.82, 2.24) is 4.31 Å². The molecule has 0 aliphatic heterocycles. The lowest BCUT2D eigenvalue weighted by Crippen LogP contribution is -2.42. The Morgan fingerprint density at radius 2 is 1.60 bits per heavy atom. The third-order valence-electron chi connectivity index (χ3n) is 3.12. The van der Waals surface area contributed by atoms with Crippen LogP contribution in [0.5, 0.6) is 0 Å². The highest BCUT2D eigenvalue weighted by molar-refractivity contribution is 7.89. The molecule has 0 heterocycles. The molecule has 114 valence electrons. The molecule has 0 atom stereocenters. The molecule has 0 aromatic heterocycles.